The van der Waals surface area contributed by atoms with E-state index in [1.54, 1.807) is 6.07 Å². The highest BCUT2D eigenvalue weighted by Crippen LogP contribution is 2.27. The van der Waals surface area contributed by atoms with Crippen molar-refractivity contribution in [3.63, 3.8) is 0 Å². The van der Waals surface area contributed by atoms with Crippen molar-refractivity contribution in [2.75, 3.05) is 25.0 Å². The number of aromatic nitrogens is 3. The number of anilines is 1. The molecule has 1 fully saturated rings. The van der Waals surface area contributed by atoms with Crippen LogP contribution in [0.25, 0.3) is 0 Å². The van der Waals surface area contributed by atoms with E-state index in [9.17, 15) is 4.79 Å². The van der Waals surface area contributed by atoms with E-state index in [0.29, 0.717) is 18.3 Å². The number of hydrogen-bond acceptors (Lipinski definition) is 5. The number of carbonyl (C=O) groups excluding carboxylic acids is 1. The van der Waals surface area contributed by atoms with Crippen LogP contribution in [-0.2, 0) is 11.3 Å². The Balaban J connectivity index is 1.45. The van der Waals surface area contributed by atoms with Gasteiger partial charge in [0, 0.05) is 18.8 Å². The molecule has 0 saturated carbocycles. The Labute approximate surface area is 148 Å². The van der Waals surface area contributed by atoms with Gasteiger partial charge in [-0.15, -0.1) is 0 Å². The van der Waals surface area contributed by atoms with Gasteiger partial charge in [-0.1, -0.05) is 19.0 Å². The SMILES string of the molecule is CCn1cc(C2CCN(CC(=O)Nc3cc(C(C)C)no3)CC2)cn1. The van der Waals surface area contributed by atoms with Gasteiger partial charge in [0.25, 0.3) is 0 Å². The third kappa shape index (κ3) is 4.48. The van der Waals surface area contributed by atoms with E-state index < -0.39 is 0 Å². The van der Waals surface area contributed by atoms with E-state index in [0.717, 1.165) is 38.2 Å². The molecule has 7 heteroatoms. The molecule has 0 unspecified atom stereocenters. The van der Waals surface area contributed by atoms with E-state index in [4.69, 9.17) is 4.52 Å². The minimum atomic E-state index is -0.0521. The van der Waals surface area contributed by atoms with Crippen molar-refractivity contribution >= 4 is 11.8 Å². The van der Waals surface area contributed by atoms with Gasteiger partial charge in [0.05, 0.1) is 18.4 Å². The molecular formula is C18H27N5O2. The Kier molecular flexibility index (Phi) is 5.53. The van der Waals surface area contributed by atoms with E-state index in [1.165, 1.54) is 5.56 Å². The lowest BCUT2D eigenvalue weighted by atomic mass is 9.91. The van der Waals surface area contributed by atoms with Crippen molar-refractivity contribution in [2.45, 2.75) is 52.0 Å². The van der Waals surface area contributed by atoms with Crippen LogP contribution in [-0.4, -0.2) is 45.4 Å². The van der Waals surface area contributed by atoms with Gasteiger partial charge in [-0.25, -0.2) is 0 Å². The first-order valence-corrected chi connectivity index (χ1v) is 9.06. The van der Waals surface area contributed by atoms with Crippen LogP contribution >= 0.6 is 0 Å². The lowest BCUT2D eigenvalue weighted by Gasteiger charge is -2.30. The molecule has 3 heterocycles. The summed E-state index contributed by atoms with van der Waals surface area (Å²) in [6.07, 6.45) is 6.24. The summed E-state index contributed by atoms with van der Waals surface area (Å²) in [7, 11) is 0. The zero-order valence-electron chi connectivity index (χ0n) is 15.2. The maximum absolute atomic E-state index is 12.2. The van der Waals surface area contributed by atoms with Gasteiger partial charge in [-0.2, -0.15) is 5.10 Å². The molecule has 0 bridgehead atoms. The Hall–Kier alpha value is -2.15. The van der Waals surface area contributed by atoms with Gasteiger partial charge < -0.3 is 4.52 Å². The van der Waals surface area contributed by atoms with Crippen molar-refractivity contribution in [1.29, 1.82) is 0 Å². The number of likely N-dealkylation sites (tertiary alicyclic amines) is 1. The zero-order chi connectivity index (χ0) is 17.8. The predicted molar refractivity (Wildman–Crippen MR) is 95.5 cm³/mol. The maximum atomic E-state index is 12.2. The normalized spacial score (nSPS) is 16.5. The van der Waals surface area contributed by atoms with Gasteiger partial charge in [0.2, 0.25) is 11.8 Å². The van der Waals surface area contributed by atoms with E-state index in [-0.39, 0.29) is 11.8 Å². The van der Waals surface area contributed by atoms with Gasteiger partial charge in [0.1, 0.15) is 0 Å². The second kappa shape index (κ2) is 7.82. The fourth-order valence-electron chi connectivity index (χ4n) is 3.19. The molecule has 0 spiro atoms. The number of piperidine rings is 1. The first-order chi connectivity index (χ1) is 12.0. The fourth-order valence-corrected chi connectivity index (χ4v) is 3.19. The number of amides is 1. The molecule has 1 N–H and O–H groups in total. The summed E-state index contributed by atoms with van der Waals surface area (Å²) >= 11 is 0. The Morgan fingerprint density at radius 2 is 2.16 bits per heavy atom. The van der Waals surface area contributed by atoms with Crippen molar-refractivity contribution in [3.05, 3.63) is 29.7 Å². The molecular weight excluding hydrogens is 318 g/mol. The molecule has 2 aromatic rings. The summed E-state index contributed by atoms with van der Waals surface area (Å²) in [6, 6.07) is 1.79. The second-order valence-electron chi connectivity index (χ2n) is 7.00. The molecule has 136 valence electrons. The molecule has 2 aromatic heterocycles. The van der Waals surface area contributed by atoms with Crippen LogP contribution in [0.2, 0.25) is 0 Å². The van der Waals surface area contributed by atoms with Gasteiger partial charge in [-0.05, 0) is 50.3 Å². The molecule has 7 nitrogen and oxygen atoms in total. The Morgan fingerprint density at radius 3 is 2.76 bits per heavy atom. The van der Waals surface area contributed by atoms with Crippen molar-refractivity contribution in [2.24, 2.45) is 0 Å². The molecule has 25 heavy (non-hydrogen) atoms. The first kappa shape index (κ1) is 17.7. The quantitative estimate of drug-likeness (QED) is 0.871. The average Bonchev–Trinajstić information content (AvgIpc) is 3.24. The molecule has 3 rings (SSSR count). The highest BCUT2D eigenvalue weighted by molar-refractivity contribution is 5.90. The molecule has 1 aliphatic heterocycles. The van der Waals surface area contributed by atoms with Crippen LogP contribution in [0, 0.1) is 0 Å². The summed E-state index contributed by atoms with van der Waals surface area (Å²) in [5.74, 6) is 1.20. The van der Waals surface area contributed by atoms with Gasteiger partial charge in [0.15, 0.2) is 0 Å². The molecule has 0 aromatic carbocycles. The van der Waals surface area contributed by atoms with E-state index in [1.807, 2.05) is 24.7 Å². The summed E-state index contributed by atoms with van der Waals surface area (Å²) in [6.45, 7) is 9.30. The number of nitrogens with one attached hydrogen (secondary N) is 1. The van der Waals surface area contributed by atoms with Crippen LogP contribution in [0.3, 0.4) is 0 Å². The highest BCUT2D eigenvalue weighted by Gasteiger charge is 2.23. The number of nitrogens with zero attached hydrogens (tertiary/aromatic N) is 4. The number of hydrogen-bond donors (Lipinski definition) is 1. The van der Waals surface area contributed by atoms with Crippen LogP contribution in [0.5, 0.6) is 0 Å². The van der Waals surface area contributed by atoms with Gasteiger partial charge >= 0.3 is 0 Å². The third-order valence-corrected chi connectivity index (χ3v) is 4.79. The number of aryl methyl sites for hydroxylation is 1. The Morgan fingerprint density at radius 1 is 1.40 bits per heavy atom. The topological polar surface area (TPSA) is 76.2 Å². The molecule has 0 aliphatic carbocycles. The van der Waals surface area contributed by atoms with Crippen LogP contribution in [0.1, 0.15) is 56.7 Å². The zero-order valence-corrected chi connectivity index (χ0v) is 15.2. The standard InChI is InChI=1S/C18H27N5O2/c1-4-23-11-15(10-19-23)14-5-7-22(8-6-14)12-17(24)20-18-9-16(13(2)3)21-25-18/h9-11,13-14H,4-8,12H2,1-3H3,(H,20,24). The van der Waals surface area contributed by atoms with Gasteiger partial charge in [-0.3, -0.25) is 19.7 Å². The molecule has 1 aliphatic rings. The van der Waals surface area contributed by atoms with Crippen LogP contribution < -0.4 is 5.32 Å². The smallest absolute Gasteiger partial charge is 0.240 e. The molecule has 0 radical (unpaired) electrons. The summed E-state index contributed by atoms with van der Waals surface area (Å²) in [4.78, 5) is 14.4. The van der Waals surface area contributed by atoms with Crippen LogP contribution in [0.4, 0.5) is 5.88 Å². The average molecular weight is 345 g/mol. The summed E-state index contributed by atoms with van der Waals surface area (Å²) < 4.78 is 7.13. The first-order valence-electron chi connectivity index (χ1n) is 9.06. The molecule has 0 atom stereocenters. The van der Waals surface area contributed by atoms with Crippen molar-refractivity contribution in [3.8, 4) is 0 Å². The highest BCUT2D eigenvalue weighted by atomic mass is 16.5. The predicted octanol–water partition coefficient (Wildman–Crippen LogP) is 2.83. The second-order valence-corrected chi connectivity index (χ2v) is 7.00. The van der Waals surface area contributed by atoms with E-state index in [2.05, 4.69) is 33.6 Å². The monoisotopic (exact) mass is 345 g/mol. The van der Waals surface area contributed by atoms with Crippen molar-refractivity contribution in [1.82, 2.24) is 19.8 Å². The summed E-state index contributed by atoms with van der Waals surface area (Å²) in [5.41, 5.74) is 2.16. The minimum absolute atomic E-state index is 0.0521. The van der Waals surface area contributed by atoms with Crippen molar-refractivity contribution < 1.29 is 9.32 Å². The maximum Gasteiger partial charge on any atom is 0.240 e. The lowest BCUT2D eigenvalue weighted by Crippen LogP contribution is -2.38. The number of rotatable bonds is 6. The minimum Gasteiger partial charge on any atom is -0.338 e. The summed E-state index contributed by atoms with van der Waals surface area (Å²) in [5, 5.41) is 11.1. The van der Waals surface area contributed by atoms with E-state index >= 15 is 0 Å². The fraction of sp³-hybridized carbons (Fsp3) is 0.611. The Bertz CT molecular complexity index is 698. The lowest BCUT2D eigenvalue weighted by molar-refractivity contribution is -0.117. The number of carbonyl (C=O) groups is 1. The van der Waals surface area contributed by atoms with Crippen LogP contribution in [0.15, 0.2) is 23.0 Å². The third-order valence-electron chi connectivity index (χ3n) is 4.79. The largest absolute Gasteiger partial charge is 0.338 e. The molecule has 1 amide bonds. The molecule has 1 saturated heterocycles.